The molecule has 0 unspecified atom stereocenters. The Labute approximate surface area is 168 Å². The van der Waals surface area contributed by atoms with E-state index in [1.54, 1.807) is 0 Å². The van der Waals surface area contributed by atoms with E-state index in [2.05, 4.69) is 19.8 Å². The number of H-pyrrole nitrogens is 1. The lowest BCUT2D eigenvalue weighted by Gasteiger charge is -2.07. The van der Waals surface area contributed by atoms with Crippen LogP contribution >= 0.6 is 0 Å². The lowest BCUT2D eigenvalue weighted by Crippen LogP contribution is -2.18. The summed E-state index contributed by atoms with van der Waals surface area (Å²) in [6.45, 7) is 2.27. The first-order chi connectivity index (χ1) is 14.2. The highest BCUT2D eigenvalue weighted by Gasteiger charge is 2.23. The molecule has 2 heterocycles. The third-order valence-electron chi connectivity index (χ3n) is 4.35. The second-order valence-corrected chi connectivity index (χ2v) is 6.33. The number of nitrogens with one attached hydrogen (secondary N) is 1. The number of hydrogen-bond donors (Lipinski definition) is 1. The number of aromatic nitrogens is 4. The first-order valence-corrected chi connectivity index (χ1v) is 8.66. The second-order valence-electron chi connectivity index (χ2n) is 6.33. The smallest absolute Gasteiger partial charge is 0.337 e. The molecule has 0 aliphatic heterocycles. The molecular formula is C18H17N5O7. The molecule has 156 valence electrons. The normalized spacial score (nSPS) is 10.8. The van der Waals surface area contributed by atoms with E-state index in [4.69, 9.17) is 4.74 Å². The fraction of sp³-hybridized carbons (Fsp3) is 0.278. The van der Waals surface area contributed by atoms with E-state index < -0.39 is 22.4 Å². The maximum absolute atomic E-state index is 12.2. The average Bonchev–Trinajstić information content (AvgIpc) is 2.98. The van der Waals surface area contributed by atoms with Crippen LogP contribution in [0.15, 0.2) is 23.0 Å². The highest BCUT2D eigenvalue weighted by atomic mass is 16.6. The standard InChI is InChI=1S/C18H17N5O7/c1-9-16(23(27)28)10(2)22(21-9)7-15(24)30-8-14-19-13-6-11(18(26)29-3)4-5-12(13)17(25)20-14/h4-6H,7-8H2,1-3H3,(H,19,20,25). The molecule has 0 saturated carbocycles. The van der Waals surface area contributed by atoms with Gasteiger partial charge in [-0.25, -0.2) is 9.78 Å². The number of rotatable bonds is 6. The van der Waals surface area contributed by atoms with Crippen LogP contribution in [0.5, 0.6) is 0 Å². The van der Waals surface area contributed by atoms with Gasteiger partial charge in [0.15, 0.2) is 0 Å². The van der Waals surface area contributed by atoms with Gasteiger partial charge in [0.2, 0.25) is 0 Å². The van der Waals surface area contributed by atoms with Gasteiger partial charge >= 0.3 is 17.6 Å². The molecule has 12 nitrogen and oxygen atoms in total. The molecule has 0 saturated heterocycles. The summed E-state index contributed by atoms with van der Waals surface area (Å²) >= 11 is 0. The lowest BCUT2D eigenvalue weighted by atomic mass is 10.1. The largest absolute Gasteiger partial charge is 0.465 e. The molecule has 0 aliphatic carbocycles. The van der Waals surface area contributed by atoms with Crippen LogP contribution in [0, 0.1) is 24.0 Å². The van der Waals surface area contributed by atoms with Crippen LogP contribution in [0.2, 0.25) is 0 Å². The summed E-state index contributed by atoms with van der Waals surface area (Å²) in [4.78, 5) is 53.2. The van der Waals surface area contributed by atoms with Gasteiger partial charge in [-0.15, -0.1) is 0 Å². The van der Waals surface area contributed by atoms with Gasteiger partial charge < -0.3 is 14.5 Å². The molecule has 3 rings (SSSR count). The summed E-state index contributed by atoms with van der Waals surface area (Å²) in [7, 11) is 1.24. The monoisotopic (exact) mass is 415 g/mol. The molecule has 0 spiro atoms. The SMILES string of the molecule is COC(=O)c1ccc2c(=O)[nH]c(COC(=O)Cn3nc(C)c([N+](=O)[O-])c3C)nc2c1. The molecule has 2 aromatic heterocycles. The zero-order valence-corrected chi connectivity index (χ0v) is 16.3. The first-order valence-electron chi connectivity index (χ1n) is 8.66. The summed E-state index contributed by atoms with van der Waals surface area (Å²) in [5.41, 5.74) is 0.245. The number of aromatic amines is 1. The molecule has 30 heavy (non-hydrogen) atoms. The van der Waals surface area contributed by atoms with E-state index in [9.17, 15) is 24.5 Å². The van der Waals surface area contributed by atoms with Crippen molar-refractivity contribution in [2.75, 3.05) is 7.11 Å². The lowest BCUT2D eigenvalue weighted by molar-refractivity contribution is -0.386. The van der Waals surface area contributed by atoms with E-state index in [1.807, 2.05) is 0 Å². The Balaban J connectivity index is 1.76. The van der Waals surface area contributed by atoms with Crippen molar-refractivity contribution in [3.63, 3.8) is 0 Å². The number of carbonyl (C=O) groups is 2. The Bertz CT molecular complexity index is 1230. The molecule has 1 N–H and O–H groups in total. The van der Waals surface area contributed by atoms with Crippen molar-refractivity contribution in [1.82, 2.24) is 19.7 Å². The molecule has 3 aromatic rings. The van der Waals surface area contributed by atoms with Crippen molar-refractivity contribution >= 4 is 28.5 Å². The van der Waals surface area contributed by atoms with Crippen LogP contribution in [0.25, 0.3) is 10.9 Å². The number of carbonyl (C=O) groups excluding carboxylic acids is 2. The fourth-order valence-corrected chi connectivity index (χ4v) is 2.92. The van der Waals surface area contributed by atoms with Crippen LogP contribution in [0.1, 0.15) is 27.6 Å². The van der Waals surface area contributed by atoms with E-state index in [-0.39, 0.29) is 52.5 Å². The van der Waals surface area contributed by atoms with E-state index in [1.165, 1.54) is 43.8 Å². The number of hydrogen-bond acceptors (Lipinski definition) is 9. The van der Waals surface area contributed by atoms with E-state index in [0.29, 0.717) is 0 Å². The first kappa shape index (κ1) is 20.6. The molecular weight excluding hydrogens is 398 g/mol. The summed E-state index contributed by atoms with van der Waals surface area (Å²) in [6, 6.07) is 4.29. The number of ether oxygens (including phenoxy) is 2. The van der Waals surface area contributed by atoms with Gasteiger partial charge in [-0.3, -0.25) is 24.4 Å². The van der Waals surface area contributed by atoms with E-state index in [0.717, 1.165) is 0 Å². The Morgan fingerprint density at radius 2 is 2.03 bits per heavy atom. The van der Waals surface area contributed by atoms with Crippen LogP contribution in [-0.4, -0.2) is 43.7 Å². The number of esters is 2. The summed E-state index contributed by atoms with van der Waals surface area (Å²) in [6.07, 6.45) is 0. The van der Waals surface area contributed by atoms with Gasteiger partial charge in [0.25, 0.3) is 5.56 Å². The van der Waals surface area contributed by atoms with Crippen molar-refractivity contribution in [2.45, 2.75) is 27.0 Å². The van der Waals surface area contributed by atoms with Gasteiger partial charge in [-0.05, 0) is 32.0 Å². The van der Waals surface area contributed by atoms with Crippen LogP contribution in [0.4, 0.5) is 5.69 Å². The third-order valence-corrected chi connectivity index (χ3v) is 4.35. The zero-order chi connectivity index (χ0) is 22.0. The maximum Gasteiger partial charge on any atom is 0.337 e. The minimum atomic E-state index is -0.721. The molecule has 0 amide bonds. The molecule has 0 bridgehead atoms. The predicted molar refractivity (Wildman–Crippen MR) is 102 cm³/mol. The minimum absolute atomic E-state index is 0.0715. The molecule has 0 atom stereocenters. The quantitative estimate of drug-likeness (QED) is 0.354. The molecule has 0 radical (unpaired) electrons. The van der Waals surface area contributed by atoms with Crippen LogP contribution < -0.4 is 5.56 Å². The van der Waals surface area contributed by atoms with Gasteiger partial charge in [0, 0.05) is 0 Å². The number of aryl methyl sites for hydroxylation is 1. The fourth-order valence-electron chi connectivity index (χ4n) is 2.92. The number of nitro groups is 1. The zero-order valence-electron chi connectivity index (χ0n) is 16.3. The van der Waals surface area contributed by atoms with Crippen LogP contribution in [0.3, 0.4) is 0 Å². The molecule has 12 heteroatoms. The van der Waals surface area contributed by atoms with Crippen LogP contribution in [-0.2, 0) is 27.4 Å². The summed E-state index contributed by atoms with van der Waals surface area (Å²) in [5.74, 6) is -1.23. The van der Waals surface area contributed by atoms with Gasteiger partial charge in [0.1, 0.15) is 30.4 Å². The number of methoxy groups -OCH3 is 1. The highest BCUT2D eigenvalue weighted by molar-refractivity contribution is 5.93. The Morgan fingerprint density at radius 3 is 2.67 bits per heavy atom. The van der Waals surface area contributed by atoms with Crippen molar-refractivity contribution < 1.29 is 24.0 Å². The topological polar surface area (TPSA) is 159 Å². The van der Waals surface area contributed by atoms with Crippen molar-refractivity contribution in [3.05, 3.63) is 61.4 Å². The number of benzene rings is 1. The van der Waals surface area contributed by atoms with Gasteiger partial charge in [-0.2, -0.15) is 5.10 Å². The minimum Gasteiger partial charge on any atom is -0.465 e. The number of fused-ring (bicyclic) bond motifs is 1. The van der Waals surface area contributed by atoms with Gasteiger partial charge in [-0.1, -0.05) is 0 Å². The molecule has 1 aromatic carbocycles. The molecule has 0 aliphatic rings. The van der Waals surface area contributed by atoms with Crippen molar-refractivity contribution in [1.29, 1.82) is 0 Å². The average molecular weight is 415 g/mol. The Hall–Kier alpha value is -4.09. The summed E-state index contributed by atoms with van der Waals surface area (Å²) < 4.78 is 10.9. The van der Waals surface area contributed by atoms with E-state index >= 15 is 0 Å². The second kappa shape index (κ2) is 8.11. The van der Waals surface area contributed by atoms with Crippen molar-refractivity contribution in [2.24, 2.45) is 0 Å². The Kier molecular flexibility index (Phi) is 5.58. The highest BCUT2D eigenvalue weighted by Crippen LogP contribution is 2.21. The predicted octanol–water partition coefficient (Wildman–Crippen LogP) is 1.17. The van der Waals surface area contributed by atoms with Gasteiger partial charge in [0.05, 0.1) is 28.5 Å². The van der Waals surface area contributed by atoms with Crippen molar-refractivity contribution in [3.8, 4) is 0 Å². The maximum atomic E-state index is 12.2. The number of nitrogens with zero attached hydrogens (tertiary/aromatic N) is 4. The molecule has 0 fully saturated rings. The summed E-state index contributed by atoms with van der Waals surface area (Å²) in [5, 5.41) is 15.3. The third kappa shape index (κ3) is 4.01. The Morgan fingerprint density at radius 1 is 1.30 bits per heavy atom.